The Hall–Kier alpha value is -1.69. The Morgan fingerprint density at radius 2 is 2.00 bits per heavy atom. The fourth-order valence-corrected chi connectivity index (χ4v) is 3.45. The van der Waals surface area contributed by atoms with Crippen molar-refractivity contribution in [3.05, 3.63) is 27.9 Å². The van der Waals surface area contributed by atoms with Crippen LogP contribution < -0.4 is 10.2 Å². The quantitative estimate of drug-likeness (QED) is 0.675. The van der Waals surface area contributed by atoms with Crippen molar-refractivity contribution in [3.63, 3.8) is 0 Å². The van der Waals surface area contributed by atoms with Gasteiger partial charge in [0, 0.05) is 36.9 Å². The topological polar surface area (TPSA) is 71.3 Å². The molecule has 3 heterocycles. The second kappa shape index (κ2) is 5.01. The zero-order valence-electron chi connectivity index (χ0n) is 11.9. The summed E-state index contributed by atoms with van der Waals surface area (Å²) in [6.07, 6.45) is 4.52. The molecule has 2 unspecified atom stereocenters. The van der Waals surface area contributed by atoms with E-state index in [1.54, 1.807) is 12.1 Å². The lowest BCUT2D eigenvalue weighted by Crippen LogP contribution is -2.47. The second-order valence-corrected chi connectivity index (χ2v) is 5.93. The van der Waals surface area contributed by atoms with Crippen LogP contribution in [-0.4, -0.2) is 35.1 Å². The first-order valence-electron chi connectivity index (χ1n) is 7.15. The minimum absolute atomic E-state index is 0.101. The van der Waals surface area contributed by atoms with Crippen LogP contribution in [0.4, 0.5) is 11.5 Å². The van der Waals surface area contributed by atoms with Crippen LogP contribution in [0.1, 0.15) is 31.4 Å². The molecule has 2 fully saturated rings. The number of rotatable bonds is 3. The van der Waals surface area contributed by atoms with E-state index in [-0.39, 0.29) is 10.6 Å². The van der Waals surface area contributed by atoms with E-state index in [2.05, 4.69) is 10.3 Å². The van der Waals surface area contributed by atoms with Gasteiger partial charge in [-0.2, -0.15) is 0 Å². The highest BCUT2D eigenvalue weighted by molar-refractivity contribution is 5.58. The monoisotopic (exact) mass is 276 g/mol. The third kappa shape index (κ3) is 2.35. The van der Waals surface area contributed by atoms with E-state index < -0.39 is 0 Å². The summed E-state index contributed by atoms with van der Waals surface area (Å²) >= 11 is 0. The van der Waals surface area contributed by atoms with Crippen molar-refractivity contribution in [3.8, 4) is 0 Å². The number of fused-ring (bicyclic) bond motifs is 2. The average Bonchev–Trinajstić information content (AvgIpc) is 2.76. The van der Waals surface area contributed by atoms with Gasteiger partial charge in [0.2, 0.25) is 5.82 Å². The van der Waals surface area contributed by atoms with Crippen molar-refractivity contribution < 1.29 is 4.92 Å². The summed E-state index contributed by atoms with van der Waals surface area (Å²) in [5, 5.41) is 14.8. The third-order valence-corrected chi connectivity index (χ3v) is 4.52. The van der Waals surface area contributed by atoms with Crippen LogP contribution in [0.25, 0.3) is 0 Å². The highest BCUT2D eigenvalue weighted by Crippen LogP contribution is 2.34. The Kier molecular flexibility index (Phi) is 3.33. The first-order chi connectivity index (χ1) is 9.54. The van der Waals surface area contributed by atoms with Crippen LogP contribution in [0.5, 0.6) is 0 Å². The van der Waals surface area contributed by atoms with Crippen molar-refractivity contribution in [2.24, 2.45) is 0 Å². The Labute approximate surface area is 118 Å². The van der Waals surface area contributed by atoms with Crippen molar-refractivity contribution in [2.45, 2.75) is 50.7 Å². The molecule has 0 spiro atoms. The molecule has 2 aliphatic rings. The molecule has 0 saturated carbocycles. The summed E-state index contributed by atoms with van der Waals surface area (Å²) < 4.78 is 0. The number of anilines is 1. The van der Waals surface area contributed by atoms with Crippen molar-refractivity contribution in [1.82, 2.24) is 10.3 Å². The van der Waals surface area contributed by atoms with Crippen molar-refractivity contribution in [2.75, 3.05) is 11.9 Å². The molecule has 2 atom stereocenters. The lowest BCUT2D eigenvalue weighted by atomic mass is 9.98. The number of aryl methyl sites for hydroxylation is 1. The van der Waals surface area contributed by atoms with E-state index in [4.69, 9.17) is 0 Å². The number of piperidine rings is 1. The average molecular weight is 276 g/mol. The van der Waals surface area contributed by atoms with Gasteiger partial charge < -0.3 is 10.2 Å². The summed E-state index contributed by atoms with van der Waals surface area (Å²) in [5.74, 6) is 0.501. The first-order valence-corrected chi connectivity index (χ1v) is 7.15. The summed E-state index contributed by atoms with van der Waals surface area (Å²) in [4.78, 5) is 17.3. The molecule has 1 aromatic heterocycles. The molecule has 6 nitrogen and oxygen atoms in total. The lowest BCUT2D eigenvalue weighted by molar-refractivity contribution is -0.384. The molecule has 0 amide bonds. The molecular formula is C14H20N4O2. The molecule has 2 saturated heterocycles. The SMILES string of the molecule is Cc1ccc([N+](=O)[O-])c(N(C)C2CC3CCC(C2)N3)n1. The molecule has 2 aliphatic heterocycles. The Bertz CT molecular complexity index is 522. The van der Waals surface area contributed by atoms with E-state index in [0.29, 0.717) is 23.9 Å². The number of hydrogen-bond acceptors (Lipinski definition) is 5. The van der Waals surface area contributed by atoms with Crippen LogP contribution in [0, 0.1) is 17.0 Å². The number of nitro groups is 1. The molecule has 1 aromatic rings. The maximum atomic E-state index is 11.2. The predicted molar refractivity (Wildman–Crippen MR) is 77.0 cm³/mol. The molecule has 0 radical (unpaired) electrons. The lowest BCUT2D eigenvalue weighted by Gasteiger charge is -2.36. The van der Waals surface area contributed by atoms with Gasteiger partial charge in [0.05, 0.1) is 4.92 Å². The van der Waals surface area contributed by atoms with Gasteiger partial charge in [-0.15, -0.1) is 0 Å². The molecule has 2 bridgehead atoms. The summed E-state index contributed by atoms with van der Waals surface area (Å²) in [7, 11) is 1.93. The Morgan fingerprint density at radius 1 is 1.35 bits per heavy atom. The number of aromatic nitrogens is 1. The number of hydrogen-bond donors (Lipinski definition) is 1. The normalized spacial score (nSPS) is 28.4. The molecular weight excluding hydrogens is 256 g/mol. The largest absolute Gasteiger partial charge is 0.351 e. The summed E-state index contributed by atoms with van der Waals surface area (Å²) in [5.41, 5.74) is 0.915. The van der Waals surface area contributed by atoms with Crippen LogP contribution in [-0.2, 0) is 0 Å². The van der Waals surface area contributed by atoms with Crippen molar-refractivity contribution >= 4 is 11.5 Å². The number of pyridine rings is 1. The minimum atomic E-state index is -0.339. The fraction of sp³-hybridized carbons (Fsp3) is 0.643. The molecule has 6 heteroatoms. The molecule has 0 aliphatic carbocycles. The smallest absolute Gasteiger partial charge is 0.311 e. The highest BCUT2D eigenvalue weighted by atomic mass is 16.6. The van der Waals surface area contributed by atoms with E-state index >= 15 is 0 Å². The van der Waals surface area contributed by atoms with E-state index in [1.807, 2.05) is 18.9 Å². The zero-order chi connectivity index (χ0) is 14.3. The molecule has 1 N–H and O–H groups in total. The van der Waals surface area contributed by atoms with E-state index in [0.717, 1.165) is 18.5 Å². The maximum absolute atomic E-state index is 11.2. The second-order valence-electron chi connectivity index (χ2n) is 5.93. The molecule has 0 aromatic carbocycles. The summed E-state index contributed by atoms with van der Waals surface area (Å²) in [6.45, 7) is 1.87. The number of nitrogens with one attached hydrogen (secondary N) is 1. The maximum Gasteiger partial charge on any atom is 0.311 e. The van der Waals surface area contributed by atoms with Crippen molar-refractivity contribution in [1.29, 1.82) is 0 Å². The van der Waals surface area contributed by atoms with E-state index in [1.165, 1.54) is 12.8 Å². The predicted octanol–water partition coefficient (Wildman–Crippen LogP) is 2.02. The first kappa shape index (κ1) is 13.3. The van der Waals surface area contributed by atoms with Crippen LogP contribution in [0.3, 0.4) is 0 Å². The van der Waals surface area contributed by atoms with Gasteiger partial charge in [-0.3, -0.25) is 10.1 Å². The van der Waals surface area contributed by atoms with Gasteiger partial charge in [0.15, 0.2) is 0 Å². The highest BCUT2D eigenvalue weighted by Gasteiger charge is 2.36. The third-order valence-electron chi connectivity index (χ3n) is 4.52. The van der Waals surface area contributed by atoms with Gasteiger partial charge in [0.1, 0.15) is 0 Å². The van der Waals surface area contributed by atoms with Gasteiger partial charge in [-0.1, -0.05) is 0 Å². The Balaban J connectivity index is 1.88. The van der Waals surface area contributed by atoms with Gasteiger partial charge in [-0.05, 0) is 38.7 Å². The van der Waals surface area contributed by atoms with Gasteiger partial charge in [-0.25, -0.2) is 4.98 Å². The van der Waals surface area contributed by atoms with Gasteiger partial charge >= 0.3 is 5.69 Å². The fourth-order valence-electron chi connectivity index (χ4n) is 3.45. The molecule has 20 heavy (non-hydrogen) atoms. The van der Waals surface area contributed by atoms with Crippen LogP contribution in [0.2, 0.25) is 0 Å². The molecule has 3 rings (SSSR count). The summed E-state index contributed by atoms with van der Waals surface area (Å²) in [6, 6.07) is 4.71. The van der Waals surface area contributed by atoms with Crippen LogP contribution in [0.15, 0.2) is 12.1 Å². The minimum Gasteiger partial charge on any atom is -0.351 e. The standard InChI is InChI=1S/C14H20N4O2/c1-9-3-6-13(18(19)20)14(15-9)17(2)12-7-10-4-5-11(8-12)16-10/h3,6,10-12,16H,4-5,7-8H2,1-2H3. The Morgan fingerprint density at radius 3 is 2.60 bits per heavy atom. The van der Waals surface area contributed by atoms with Crippen LogP contribution >= 0.6 is 0 Å². The molecule has 108 valence electrons. The number of nitrogens with zero attached hydrogens (tertiary/aromatic N) is 3. The van der Waals surface area contributed by atoms with Gasteiger partial charge in [0.25, 0.3) is 0 Å². The zero-order valence-corrected chi connectivity index (χ0v) is 11.9. The van der Waals surface area contributed by atoms with E-state index in [9.17, 15) is 10.1 Å².